The van der Waals surface area contributed by atoms with Crippen molar-refractivity contribution in [3.63, 3.8) is 0 Å². The Balaban J connectivity index is 1.12. The monoisotopic (exact) mass is 845 g/mol. The summed E-state index contributed by atoms with van der Waals surface area (Å²) in [5.41, 5.74) is 14.7. The third-order valence-corrected chi connectivity index (χ3v) is 13.7. The molecular formula is C60H35N3O3. The molecule has 0 N–H and O–H groups in total. The molecule has 10 aromatic carbocycles. The van der Waals surface area contributed by atoms with Gasteiger partial charge in [0.15, 0.2) is 0 Å². The smallest absolute Gasteiger partial charge is 0.145 e. The minimum absolute atomic E-state index is 0.849. The molecule has 0 radical (unpaired) electrons. The van der Waals surface area contributed by atoms with Crippen LogP contribution in [-0.2, 0) is 0 Å². The molecule has 6 heteroatoms. The maximum atomic E-state index is 7.48. The molecule has 308 valence electrons. The molecule has 0 bridgehead atoms. The zero-order valence-corrected chi connectivity index (χ0v) is 35.3. The van der Waals surface area contributed by atoms with E-state index in [0.717, 1.165) is 138 Å². The lowest BCUT2D eigenvalue weighted by Crippen LogP contribution is -2.11. The van der Waals surface area contributed by atoms with Gasteiger partial charge in [-0.05, 0) is 103 Å². The standard InChI is InChI=1S/C60H35N3O3/c1-3-15-36(16-4-1)61(38-27-31-54-45(33-38)40-19-9-13-25-52(40)64-54)51-35-47-42-29-30-50-56(43-21-7-11-23-48(43)62(50)37-17-5-2-6-18-37)59(42)66-60(47)57-44-22-8-12-24-49(44)63(58(51)57)39-28-32-55-46(34-39)41-20-10-14-26-53(41)65-55/h1-35H. The van der Waals surface area contributed by atoms with E-state index >= 15 is 0 Å². The second-order valence-electron chi connectivity index (χ2n) is 17.2. The highest BCUT2D eigenvalue weighted by Gasteiger charge is 2.28. The fourth-order valence-electron chi connectivity index (χ4n) is 10.9. The van der Waals surface area contributed by atoms with E-state index < -0.39 is 0 Å². The van der Waals surface area contributed by atoms with Crippen molar-refractivity contribution in [2.45, 2.75) is 0 Å². The topological polar surface area (TPSA) is 52.5 Å². The highest BCUT2D eigenvalue weighted by molar-refractivity contribution is 6.31. The first-order valence-corrected chi connectivity index (χ1v) is 22.3. The number of benzene rings is 10. The molecule has 66 heavy (non-hydrogen) atoms. The number of rotatable bonds is 5. The lowest BCUT2D eigenvalue weighted by Gasteiger charge is -2.27. The van der Waals surface area contributed by atoms with Crippen molar-refractivity contribution in [1.82, 2.24) is 9.13 Å². The van der Waals surface area contributed by atoms with E-state index in [1.165, 1.54) is 0 Å². The summed E-state index contributed by atoms with van der Waals surface area (Å²) < 4.78 is 25.0. The van der Waals surface area contributed by atoms with E-state index in [1.807, 2.05) is 24.3 Å². The largest absolute Gasteiger partial charge is 0.456 e. The second kappa shape index (κ2) is 13.3. The zero-order valence-electron chi connectivity index (χ0n) is 35.3. The van der Waals surface area contributed by atoms with Crippen LogP contribution in [0.3, 0.4) is 0 Å². The van der Waals surface area contributed by atoms with Crippen LogP contribution in [0.25, 0.3) is 121 Å². The summed E-state index contributed by atoms with van der Waals surface area (Å²) in [7, 11) is 0. The maximum absolute atomic E-state index is 7.48. The van der Waals surface area contributed by atoms with Crippen molar-refractivity contribution in [3.05, 3.63) is 212 Å². The Morgan fingerprint density at radius 2 is 0.864 bits per heavy atom. The van der Waals surface area contributed by atoms with Crippen molar-refractivity contribution in [2.75, 3.05) is 4.90 Å². The number of anilines is 3. The van der Waals surface area contributed by atoms with E-state index in [9.17, 15) is 0 Å². The lowest BCUT2D eigenvalue weighted by molar-refractivity contribution is 0.668. The molecule has 6 nitrogen and oxygen atoms in total. The van der Waals surface area contributed by atoms with Gasteiger partial charge in [0.2, 0.25) is 0 Å². The molecule has 0 amide bonds. The first-order valence-electron chi connectivity index (χ1n) is 22.3. The van der Waals surface area contributed by atoms with E-state index in [-0.39, 0.29) is 0 Å². The summed E-state index contributed by atoms with van der Waals surface area (Å²) >= 11 is 0. The van der Waals surface area contributed by atoms with Gasteiger partial charge < -0.3 is 27.3 Å². The van der Waals surface area contributed by atoms with Crippen LogP contribution in [0.15, 0.2) is 226 Å². The summed E-state index contributed by atoms with van der Waals surface area (Å²) in [4.78, 5) is 2.41. The molecule has 0 aliphatic carbocycles. The van der Waals surface area contributed by atoms with Gasteiger partial charge in [0.1, 0.15) is 33.5 Å². The van der Waals surface area contributed by atoms with Crippen molar-refractivity contribution in [3.8, 4) is 11.4 Å². The molecule has 5 heterocycles. The highest BCUT2D eigenvalue weighted by Crippen LogP contribution is 2.51. The third kappa shape index (κ3) is 4.84. The van der Waals surface area contributed by atoms with Crippen LogP contribution in [0.5, 0.6) is 0 Å². The van der Waals surface area contributed by atoms with Gasteiger partial charge in [-0.3, -0.25) is 0 Å². The van der Waals surface area contributed by atoms with Crippen LogP contribution in [0.2, 0.25) is 0 Å². The van der Waals surface area contributed by atoms with Crippen molar-refractivity contribution < 1.29 is 13.3 Å². The van der Waals surface area contributed by atoms with Gasteiger partial charge in [-0.15, -0.1) is 0 Å². The number of aromatic nitrogens is 2. The fourth-order valence-corrected chi connectivity index (χ4v) is 10.9. The Hall–Kier alpha value is -9.00. The molecule has 15 rings (SSSR count). The van der Waals surface area contributed by atoms with Gasteiger partial charge >= 0.3 is 0 Å². The Morgan fingerprint density at radius 3 is 1.59 bits per heavy atom. The van der Waals surface area contributed by atoms with Crippen LogP contribution in [0.1, 0.15) is 0 Å². The summed E-state index contributed by atoms with van der Waals surface area (Å²) in [6.07, 6.45) is 0. The number of hydrogen-bond donors (Lipinski definition) is 0. The summed E-state index contributed by atoms with van der Waals surface area (Å²) in [6, 6.07) is 75.3. The van der Waals surface area contributed by atoms with Crippen LogP contribution in [0.4, 0.5) is 17.1 Å². The van der Waals surface area contributed by atoms with Crippen molar-refractivity contribution >= 4 is 126 Å². The normalized spacial score (nSPS) is 12.2. The summed E-state index contributed by atoms with van der Waals surface area (Å²) in [5, 5.41) is 10.8. The maximum Gasteiger partial charge on any atom is 0.145 e. The Kier molecular flexibility index (Phi) is 7.13. The van der Waals surface area contributed by atoms with Gasteiger partial charge in [-0.1, -0.05) is 109 Å². The molecule has 0 saturated carbocycles. The average Bonchev–Trinajstić information content (AvgIpc) is 4.19. The molecule has 0 aliphatic heterocycles. The predicted octanol–water partition coefficient (Wildman–Crippen LogP) is 17.0. The molecule has 0 atom stereocenters. The quantitative estimate of drug-likeness (QED) is 0.173. The minimum Gasteiger partial charge on any atom is -0.456 e. The highest BCUT2D eigenvalue weighted by atomic mass is 16.3. The molecule has 15 aromatic rings. The van der Waals surface area contributed by atoms with Crippen LogP contribution in [0, 0.1) is 0 Å². The lowest BCUT2D eigenvalue weighted by atomic mass is 10.0. The first kappa shape index (κ1) is 35.5. The van der Waals surface area contributed by atoms with E-state index in [2.05, 4.69) is 202 Å². The number of furan rings is 3. The number of nitrogens with zero attached hydrogens (tertiary/aromatic N) is 3. The molecular weight excluding hydrogens is 811 g/mol. The molecule has 0 spiro atoms. The fraction of sp³-hybridized carbons (Fsp3) is 0. The SMILES string of the molecule is c1ccc(N(c2ccc3oc4ccccc4c3c2)c2cc3c4ccc5c(c6ccccc6n5-c5ccccc5)c4oc3c3c4ccccc4n(-c4ccc5oc6ccccc6c5c4)c23)cc1. The molecule has 0 aliphatic rings. The van der Waals surface area contributed by atoms with Crippen LogP contribution < -0.4 is 4.90 Å². The van der Waals surface area contributed by atoms with E-state index in [0.29, 0.717) is 0 Å². The Labute approximate surface area is 375 Å². The van der Waals surface area contributed by atoms with Gasteiger partial charge in [-0.2, -0.15) is 0 Å². The molecule has 0 saturated heterocycles. The Morgan fingerprint density at radius 1 is 0.303 bits per heavy atom. The summed E-state index contributed by atoms with van der Waals surface area (Å²) in [6.45, 7) is 0. The summed E-state index contributed by atoms with van der Waals surface area (Å²) in [5.74, 6) is 0. The van der Waals surface area contributed by atoms with Crippen LogP contribution in [-0.4, -0.2) is 9.13 Å². The second-order valence-corrected chi connectivity index (χ2v) is 17.2. The molecule has 0 unspecified atom stereocenters. The molecule has 5 aromatic heterocycles. The van der Waals surface area contributed by atoms with Gasteiger partial charge in [0.05, 0.1) is 38.5 Å². The van der Waals surface area contributed by atoms with E-state index in [4.69, 9.17) is 13.3 Å². The van der Waals surface area contributed by atoms with Crippen molar-refractivity contribution in [1.29, 1.82) is 0 Å². The van der Waals surface area contributed by atoms with Gasteiger partial charge in [0.25, 0.3) is 0 Å². The number of fused-ring (bicyclic) bond motifs is 17. The van der Waals surface area contributed by atoms with E-state index in [1.54, 1.807) is 0 Å². The Bertz CT molecular complexity index is 4470. The van der Waals surface area contributed by atoms with Gasteiger partial charge in [-0.25, -0.2) is 0 Å². The zero-order chi connectivity index (χ0) is 43.0. The predicted molar refractivity (Wildman–Crippen MR) is 272 cm³/mol. The first-order chi connectivity index (χ1) is 32.7. The van der Waals surface area contributed by atoms with Crippen LogP contribution >= 0.6 is 0 Å². The number of hydrogen-bond acceptors (Lipinski definition) is 4. The molecule has 0 fully saturated rings. The third-order valence-electron chi connectivity index (χ3n) is 13.7. The average molecular weight is 846 g/mol. The minimum atomic E-state index is 0.849. The van der Waals surface area contributed by atoms with Gasteiger partial charge in [0, 0.05) is 65.8 Å². The number of para-hydroxylation sites is 6. The van der Waals surface area contributed by atoms with Crippen molar-refractivity contribution in [2.24, 2.45) is 0 Å².